The number of nitrogens with one attached hydrogen (secondary N) is 2. The number of likely N-dealkylation sites (N-methyl/N-ethyl adjacent to an activating group) is 1. The van der Waals surface area contributed by atoms with E-state index in [1.165, 1.54) is 12.1 Å². The van der Waals surface area contributed by atoms with Crippen LogP contribution in [0.25, 0.3) is 5.57 Å². The van der Waals surface area contributed by atoms with Crippen molar-refractivity contribution in [3.8, 4) is 0 Å². The molecule has 0 bridgehead atoms. The molecule has 48 heavy (non-hydrogen) atoms. The van der Waals surface area contributed by atoms with Gasteiger partial charge in [0.2, 0.25) is 11.5 Å². The number of benzene rings is 1. The molecule has 256 valence electrons. The van der Waals surface area contributed by atoms with E-state index in [2.05, 4.69) is 30.1 Å². The van der Waals surface area contributed by atoms with Gasteiger partial charge in [0.15, 0.2) is 0 Å². The van der Waals surface area contributed by atoms with E-state index in [1.807, 2.05) is 36.8 Å². The predicted molar refractivity (Wildman–Crippen MR) is 174 cm³/mol. The maximum absolute atomic E-state index is 16.0. The van der Waals surface area contributed by atoms with Crippen molar-refractivity contribution < 1.29 is 27.1 Å². The van der Waals surface area contributed by atoms with Crippen molar-refractivity contribution in [2.75, 3.05) is 74.6 Å². The summed E-state index contributed by atoms with van der Waals surface area (Å²) in [7, 11) is 1.99. The first-order valence-electron chi connectivity index (χ1n) is 15.8. The molecule has 6 rings (SSSR count). The Morgan fingerprint density at radius 1 is 1.06 bits per heavy atom. The van der Waals surface area contributed by atoms with E-state index >= 15 is 4.39 Å². The van der Waals surface area contributed by atoms with Crippen LogP contribution in [-0.2, 0) is 17.5 Å². The molecule has 2 N–H and O–H groups in total. The third-order valence-electron chi connectivity index (χ3n) is 9.26. The SMILES string of the molecule is C[C@@H]1CN(c2cc(F)c(C3=CCN(c4ncc(CN5CCOCC5)cn4)C3)cc2NC(=O)c2c[nH]c(=O)cc2C(F)(F)F)C[C@H](C)N1C. The highest BCUT2D eigenvalue weighted by Gasteiger charge is 2.36. The Hall–Kier alpha value is -4.34. The molecule has 0 saturated carbocycles. The van der Waals surface area contributed by atoms with Gasteiger partial charge in [-0.05, 0) is 38.6 Å². The lowest BCUT2D eigenvalue weighted by Gasteiger charge is -2.44. The van der Waals surface area contributed by atoms with Crippen LogP contribution in [0.3, 0.4) is 0 Å². The fourth-order valence-corrected chi connectivity index (χ4v) is 6.37. The van der Waals surface area contributed by atoms with Crippen molar-refractivity contribution in [3.05, 3.63) is 81.3 Å². The van der Waals surface area contributed by atoms with E-state index < -0.39 is 34.6 Å². The highest BCUT2D eigenvalue weighted by Crippen LogP contribution is 2.37. The van der Waals surface area contributed by atoms with E-state index in [9.17, 15) is 22.8 Å². The zero-order valence-electron chi connectivity index (χ0n) is 27.0. The third-order valence-corrected chi connectivity index (χ3v) is 9.26. The summed E-state index contributed by atoms with van der Waals surface area (Å²) < 4.78 is 62.9. The van der Waals surface area contributed by atoms with Crippen LogP contribution < -0.4 is 20.7 Å². The van der Waals surface area contributed by atoms with E-state index in [-0.39, 0.29) is 29.9 Å². The number of aromatic nitrogens is 3. The van der Waals surface area contributed by atoms with Crippen LogP contribution in [0.5, 0.6) is 0 Å². The molecule has 2 fully saturated rings. The Balaban J connectivity index is 1.27. The Morgan fingerprint density at radius 2 is 1.75 bits per heavy atom. The number of hydrogen-bond acceptors (Lipinski definition) is 9. The molecule has 3 aliphatic rings. The number of nitrogens with zero attached hydrogens (tertiary/aromatic N) is 6. The molecule has 0 radical (unpaired) electrons. The van der Waals surface area contributed by atoms with Gasteiger partial charge in [0.25, 0.3) is 5.91 Å². The number of H-pyrrole nitrogens is 1. The minimum absolute atomic E-state index is 0.0856. The Bertz CT molecular complexity index is 1730. The summed E-state index contributed by atoms with van der Waals surface area (Å²) in [6, 6.07) is 3.32. The number of pyridine rings is 1. The molecular weight excluding hydrogens is 632 g/mol. The minimum atomic E-state index is -4.94. The summed E-state index contributed by atoms with van der Waals surface area (Å²) >= 11 is 0. The summed E-state index contributed by atoms with van der Waals surface area (Å²) in [5.74, 6) is -1.13. The van der Waals surface area contributed by atoms with Gasteiger partial charge in [0.1, 0.15) is 5.82 Å². The maximum Gasteiger partial charge on any atom is 0.417 e. The van der Waals surface area contributed by atoms with Crippen molar-refractivity contribution >= 4 is 28.8 Å². The number of amides is 1. The van der Waals surface area contributed by atoms with Crippen LogP contribution in [0.1, 0.15) is 40.9 Å². The summed E-state index contributed by atoms with van der Waals surface area (Å²) in [4.78, 5) is 44.6. The standard InChI is InChI=1S/C33H38F4N8O3/c1-20-16-45(17-21(2)42(20)3)29-12-27(34)24(10-28(29)41-31(47)25-15-38-30(46)11-26(25)33(35,36)37)23-4-5-44(19-23)32-39-13-22(14-40-32)18-43-6-8-48-9-7-43/h4,10-15,20-21H,5-9,16-19H2,1-3H3,(H,38,46)(H,41,47)/t20-,21+. The van der Waals surface area contributed by atoms with Crippen LogP contribution in [0.2, 0.25) is 0 Å². The summed E-state index contributed by atoms with van der Waals surface area (Å²) in [6.45, 7) is 9.55. The highest BCUT2D eigenvalue weighted by atomic mass is 19.4. The van der Waals surface area contributed by atoms with Gasteiger partial charge in [-0.15, -0.1) is 0 Å². The number of carbonyl (C=O) groups is 1. The van der Waals surface area contributed by atoms with Gasteiger partial charge in [-0.25, -0.2) is 14.4 Å². The number of carbonyl (C=O) groups excluding carboxylic acids is 1. The molecule has 3 aromatic rings. The van der Waals surface area contributed by atoms with Gasteiger partial charge in [-0.2, -0.15) is 13.2 Å². The van der Waals surface area contributed by atoms with Crippen LogP contribution >= 0.6 is 0 Å². The number of rotatable bonds is 7. The van der Waals surface area contributed by atoms with Gasteiger partial charge in [-0.1, -0.05) is 6.08 Å². The van der Waals surface area contributed by atoms with Crippen LogP contribution in [-0.4, -0.2) is 102 Å². The van der Waals surface area contributed by atoms with Crippen molar-refractivity contribution in [2.45, 2.75) is 38.7 Å². The predicted octanol–water partition coefficient (Wildman–Crippen LogP) is 3.84. The number of piperazine rings is 1. The van der Waals surface area contributed by atoms with Crippen molar-refractivity contribution in [1.29, 1.82) is 0 Å². The molecule has 5 heterocycles. The van der Waals surface area contributed by atoms with E-state index in [1.54, 1.807) is 12.4 Å². The highest BCUT2D eigenvalue weighted by molar-refractivity contribution is 6.07. The average molecular weight is 671 g/mol. The summed E-state index contributed by atoms with van der Waals surface area (Å²) in [5.41, 5.74) is -0.800. The monoisotopic (exact) mass is 670 g/mol. The number of ether oxygens (including phenoxy) is 1. The molecule has 0 spiro atoms. The number of alkyl halides is 3. The summed E-state index contributed by atoms with van der Waals surface area (Å²) in [6.07, 6.45) is 1.21. The number of hydrogen-bond donors (Lipinski definition) is 2. The number of anilines is 3. The lowest BCUT2D eigenvalue weighted by molar-refractivity contribution is -0.138. The average Bonchev–Trinajstić information content (AvgIpc) is 3.54. The molecule has 2 saturated heterocycles. The Labute approximate surface area is 275 Å². The van der Waals surface area contributed by atoms with E-state index in [0.717, 1.165) is 24.8 Å². The summed E-state index contributed by atoms with van der Waals surface area (Å²) in [5, 5.41) is 2.61. The fourth-order valence-electron chi connectivity index (χ4n) is 6.37. The van der Waals surface area contributed by atoms with E-state index in [0.29, 0.717) is 62.7 Å². The molecule has 11 nitrogen and oxygen atoms in total. The first-order valence-corrected chi connectivity index (χ1v) is 15.8. The van der Waals surface area contributed by atoms with Gasteiger partial charge in [-0.3, -0.25) is 19.4 Å². The lowest BCUT2D eigenvalue weighted by atomic mass is 10.0. The fraction of sp³-hybridized carbons (Fsp3) is 0.455. The molecule has 15 heteroatoms. The van der Waals surface area contributed by atoms with Gasteiger partial charge in [0.05, 0.1) is 35.7 Å². The molecule has 3 aliphatic heterocycles. The van der Waals surface area contributed by atoms with Crippen LogP contribution in [0.4, 0.5) is 34.9 Å². The number of halogens is 4. The maximum atomic E-state index is 16.0. The van der Waals surface area contributed by atoms with Gasteiger partial charge >= 0.3 is 6.18 Å². The number of morpholine rings is 1. The first kappa shape index (κ1) is 33.6. The second-order valence-corrected chi connectivity index (χ2v) is 12.6. The van der Waals surface area contributed by atoms with Gasteiger partial charge in [0, 0.05) is 93.7 Å². The first-order chi connectivity index (χ1) is 22.9. The van der Waals surface area contributed by atoms with Gasteiger partial charge < -0.3 is 24.8 Å². The van der Waals surface area contributed by atoms with Crippen molar-refractivity contribution in [2.24, 2.45) is 0 Å². The third kappa shape index (κ3) is 7.22. The topological polar surface area (TPSA) is 110 Å². The smallest absolute Gasteiger partial charge is 0.379 e. The zero-order chi connectivity index (χ0) is 34.2. The largest absolute Gasteiger partial charge is 0.417 e. The number of aromatic amines is 1. The normalized spacial score (nSPS) is 21.0. The Kier molecular flexibility index (Phi) is 9.54. The molecule has 2 atom stereocenters. The van der Waals surface area contributed by atoms with Crippen LogP contribution in [0.15, 0.2) is 47.7 Å². The minimum Gasteiger partial charge on any atom is -0.379 e. The van der Waals surface area contributed by atoms with E-state index in [4.69, 9.17) is 4.74 Å². The zero-order valence-corrected chi connectivity index (χ0v) is 27.0. The molecule has 1 amide bonds. The molecule has 1 aromatic carbocycles. The molecule has 0 aliphatic carbocycles. The second-order valence-electron chi connectivity index (χ2n) is 12.6. The lowest BCUT2D eigenvalue weighted by Crippen LogP contribution is -2.55. The molecule has 0 unspecified atom stereocenters. The molecular formula is C33H38F4N8O3. The Morgan fingerprint density at radius 3 is 2.42 bits per heavy atom. The quantitative estimate of drug-likeness (QED) is 0.363. The second kappa shape index (κ2) is 13.6. The van der Waals surface area contributed by atoms with Crippen molar-refractivity contribution in [3.63, 3.8) is 0 Å². The molecule has 2 aromatic heterocycles. The van der Waals surface area contributed by atoms with Crippen molar-refractivity contribution in [1.82, 2.24) is 24.8 Å². The van der Waals surface area contributed by atoms with Crippen LogP contribution in [0, 0.1) is 5.82 Å².